The van der Waals surface area contributed by atoms with Gasteiger partial charge in [-0.25, -0.2) is 4.99 Å². The van der Waals surface area contributed by atoms with Gasteiger partial charge in [-0.2, -0.15) is 0 Å². The minimum atomic E-state index is -0.136. The average molecular weight is 345 g/mol. The molecule has 1 aromatic carbocycles. The molecule has 25 heavy (non-hydrogen) atoms. The van der Waals surface area contributed by atoms with Gasteiger partial charge in [0.1, 0.15) is 6.54 Å². The highest BCUT2D eigenvalue weighted by Gasteiger charge is 2.28. The van der Waals surface area contributed by atoms with Gasteiger partial charge in [0.05, 0.1) is 0 Å². The van der Waals surface area contributed by atoms with E-state index in [-0.39, 0.29) is 24.3 Å². The number of nitrogens with one attached hydrogen (secondary N) is 4. The van der Waals surface area contributed by atoms with Crippen LogP contribution in [-0.4, -0.2) is 44.0 Å². The second-order valence-electron chi connectivity index (χ2n) is 5.95. The van der Waals surface area contributed by atoms with Crippen molar-refractivity contribution >= 4 is 17.8 Å². The number of amides is 2. The minimum absolute atomic E-state index is 0.0522. The molecule has 1 fully saturated rings. The molecule has 0 aromatic heterocycles. The number of nitrogens with zero attached hydrogens (tertiary/aromatic N) is 1. The topological polar surface area (TPSA) is 94.6 Å². The van der Waals surface area contributed by atoms with Gasteiger partial charge < -0.3 is 21.3 Å². The van der Waals surface area contributed by atoms with E-state index in [0.717, 1.165) is 18.4 Å². The van der Waals surface area contributed by atoms with Crippen molar-refractivity contribution in [2.75, 3.05) is 26.2 Å². The van der Waals surface area contributed by atoms with Gasteiger partial charge in [0.25, 0.3) is 0 Å². The number of benzene rings is 1. The summed E-state index contributed by atoms with van der Waals surface area (Å²) in [7, 11) is 0. The largest absolute Gasteiger partial charge is 0.357 e. The van der Waals surface area contributed by atoms with Crippen molar-refractivity contribution in [1.29, 1.82) is 0 Å². The highest BCUT2D eigenvalue weighted by atomic mass is 16.2. The van der Waals surface area contributed by atoms with E-state index < -0.39 is 0 Å². The zero-order valence-electron chi connectivity index (χ0n) is 14.7. The fourth-order valence-corrected chi connectivity index (χ4v) is 2.20. The summed E-state index contributed by atoms with van der Waals surface area (Å²) in [6.45, 7) is 4.31. The van der Waals surface area contributed by atoms with Crippen molar-refractivity contribution in [3.63, 3.8) is 0 Å². The number of carbonyl (C=O) groups excluding carboxylic acids is 2. The molecule has 7 nitrogen and oxygen atoms in total. The van der Waals surface area contributed by atoms with E-state index in [2.05, 4.69) is 26.3 Å². The molecule has 136 valence electrons. The quantitative estimate of drug-likeness (QED) is 0.296. The molecule has 2 rings (SSSR count). The van der Waals surface area contributed by atoms with Gasteiger partial charge in [-0.05, 0) is 25.3 Å². The molecule has 1 aliphatic rings. The maximum atomic E-state index is 11.9. The van der Waals surface area contributed by atoms with Crippen molar-refractivity contribution in [1.82, 2.24) is 21.3 Å². The predicted molar refractivity (Wildman–Crippen MR) is 98.0 cm³/mol. The van der Waals surface area contributed by atoms with Gasteiger partial charge in [-0.1, -0.05) is 30.3 Å². The lowest BCUT2D eigenvalue weighted by Crippen LogP contribution is -2.42. The normalized spacial score (nSPS) is 13.9. The predicted octanol–water partition coefficient (Wildman–Crippen LogP) is 0.384. The first-order chi connectivity index (χ1) is 12.2. The van der Waals surface area contributed by atoms with E-state index in [1.807, 2.05) is 37.3 Å². The molecule has 4 N–H and O–H groups in total. The second kappa shape index (κ2) is 10.3. The van der Waals surface area contributed by atoms with Crippen molar-refractivity contribution in [2.24, 2.45) is 10.9 Å². The summed E-state index contributed by atoms with van der Waals surface area (Å²) in [6.07, 6.45) is 2.00. The Labute approximate surface area is 148 Å². The molecule has 7 heteroatoms. The van der Waals surface area contributed by atoms with Crippen LogP contribution < -0.4 is 21.3 Å². The van der Waals surface area contributed by atoms with Crippen LogP contribution >= 0.6 is 0 Å². The summed E-state index contributed by atoms with van der Waals surface area (Å²) >= 11 is 0. The molecule has 0 heterocycles. The SMILES string of the molecule is CCNC(=NCC(=O)NCc1ccccc1)NCCNC(=O)C1CC1. The molecule has 0 radical (unpaired) electrons. The average Bonchev–Trinajstić information content (AvgIpc) is 3.47. The van der Waals surface area contributed by atoms with E-state index in [9.17, 15) is 9.59 Å². The summed E-state index contributed by atoms with van der Waals surface area (Å²) < 4.78 is 0. The number of rotatable bonds is 9. The third kappa shape index (κ3) is 7.69. The summed E-state index contributed by atoms with van der Waals surface area (Å²) in [5.41, 5.74) is 1.05. The van der Waals surface area contributed by atoms with E-state index >= 15 is 0 Å². The van der Waals surface area contributed by atoms with Crippen molar-refractivity contribution in [2.45, 2.75) is 26.3 Å². The number of hydrogen-bond acceptors (Lipinski definition) is 3. The summed E-state index contributed by atoms with van der Waals surface area (Å²) in [5.74, 6) is 0.778. The van der Waals surface area contributed by atoms with Crippen LogP contribution in [0.5, 0.6) is 0 Å². The van der Waals surface area contributed by atoms with E-state index in [4.69, 9.17) is 0 Å². The first-order valence-electron chi connectivity index (χ1n) is 8.79. The Morgan fingerprint density at radius 3 is 2.44 bits per heavy atom. The Bertz CT molecular complexity index is 584. The van der Waals surface area contributed by atoms with Crippen molar-refractivity contribution < 1.29 is 9.59 Å². The van der Waals surface area contributed by atoms with E-state index in [1.54, 1.807) is 0 Å². The van der Waals surface area contributed by atoms with Crippen LogP contribution in [0.4, 0.5) is 0 Å². The summed E-state index contributed by atoms with van der Waals surface area (Å²) in [5, 5.41) is 11.9. The fraction of sp³-hybridized carbons (Fsp3) is 0.500. The molecule has 0 unspecified atom stereocenters. The minimum Gasteiger partial charge on any atom is -0.357 e. The van der Waals surface area contributed by atoms with Crippen LogP contribution in [0.25, 0.3) is 0 Å². The van der Waals surface area contributed by atoms with Crippen molar-refractivity contribution in [3.05, 3.63) is 35.9 Å². The Morgan fingerprint density at radius 1 is 1.04 bits per heavy atom. The first-order valence-corrected chi connectivity index (χ1v) is 8.79. The fourth-order valence-electron chi connectivity index (χ4n) is 2.20. The van der Waals surface area contributed by atoms with Gasteiger partial charge in [0.2, 0.25) is 11.8 Å². The maximum Gasteiger partial charge on any atom is 0.242 e. The van der Waals surface area contributed by atoms with Crippen LogP contribution in [-0.2, 0) is 16.1 Å². The standard InChI is InChI=1S/C18H27N5O2/c1-2-19-18(21-11-10-20-17(25)15-8-9-15)23-13-16(24)22-12-14-6-4-3-5-7-14/h3-7,15H,2,8-13H2,1H3,(H,20,25)(H,22,24)(H2,19,21,23). The van der Waals surface area contributed by atoms with Crippen LogP contribution in [0.15, 0.2) is 35.3 Å². The number of guanidine groups is 1. The monoisotopic (exact) mass is 345 g/mol. The number of aliphatic imine (C=N–C) groups is 1. The van der Waals surface area contributed by atoms with Crippen molar-refractivity contribution in [3.8, 4) is 0 Å². The lowest BCUT2D eigenvalue weighted by molar-refractivity contribution is -0.122. The highest BCUT2D eigenvalue weighted by Crippen LogP contribution is 2.28. The molecule has 0 spiro atoms. The van der Waals surface area contributed by atoms with Gasteiger partial charge in [-0.3, -0.25) is 9.59 Å². The van der Waals surface area contributed by atoms with Crippen LogP contribution in [0, 0.1) is 5.92 Å². The molecule has 0 aliphatic heterocycles. The molecular weight excluding hydrogens is 318 g/mol. The van der Waals surface area contributed by atoms with E-state index in [1.165, 1.54) is 0 Å². The molecule has 0 atom stereocenters. The third-order valence-corrected chi connectivity index (χ3v) is 3.72. The van der Waals surface area contributed by atoms with Gasteiger partial charge in [0.15, 0.2) is 5.96 Å². The highest BCUT2D eigenvalue weighted by molar-refractivity contribution is 5.85. The third-order valence-electron chi connectivity index (χ3n) is 3.72. The molecule has 1 aromatic rings. The smallest absolute Gasteiger partial charge is 0.242 e. The Hall–Kier alpha value is -2.57. The lowest BCUT2D eigenvalue weighted by atomic mass is 10.2. The Kier molecular flexibility index (Phi) is 7.75. The Morgan fingerprint density at radius 2 is 1.76 bits per heavy atom. The summed E-state index contributed by atoms with van der Waals surface area (Å²) in [4.78, 5) is 27.7. The van der Waals surface area contributed by atoms with E-state index in [0.29, 0.717) is 32.1 Å². The zero-order valence-corrected chi connectivity index (χ0v) is 14.7. The Balaban J connectivity index is 1.66. The second-order valence-corrected chi connectivity index (χ2v) is 5.95. The lowest BCUT2D eigenvalue weighted by Gasteiger charge is -2.12. The summed E-state index contributed by atoms with van der Waals surface area (Å²) in [6, 6.07) is 9.75. The number of hydrogen-bond donors (Lipinski definition) is 4. The molecule has 1 saturated carbocycles. The molecular formula is C18H27N5O2. The molecule has 1 aliphatic carbocycles. The van der Waals surface area contributed by atoms with Crippen LogP contribution in [0.3, 0.4) is 0 Å². The van der Waals surface area contributed by atoms with Gasteiger partial charge in [0, 0.05) is 32.1 Å². The molecule has 0 saturated heterocycles. The van der Waals surface area contributed by atoms with Crippen LogP contribution in [0.2, 0.25) is 0 Å². The van der Waals surface area contributed by atoms with Crippen LogP contribution in [0.1, 0.15) is 25.3 Å². The number of carbonyl (C=O) groups is 2. The van der Waals surface area contributed by atoms with Gasteiger partial charge >= 0.3 is 0 Å². The molecule has 0 bridgehead atoms. The maximum absolute atomic E-state index is 11.9. The molecule has 2 amide bonds. The zero-order chi connectivity index (χ0) is 17.9. The first kappa shape index (κ1) is 18.8. The van der Waals surface area contributed by atoms with Gasteiger partial charge in [-0.15, -0.1) is 0 Å².